The average Bonchev–Trinajstić information content (AvgIpc) is 3.70. The van der Waals surface area contributed by atoms with E-state index in [0.717, 1.165) is 74.0 Å². The molecule has 0 atom stereocenters. The zero-order chi connectivity index (χ0) is 41.5. The van der Waals surface area contributed by atoms with Crippen molar-refractivity contribution in [3.63, 3.8) is 0 Å². The zero-order valence-corrected chi connectivity index (χ0v) is 35.4. The third-order valence-corrected chi connectivity index (χ3v) is 13.2. The van der Waals surface area contributed by atoms with Gasteiger partial charge in [-0.3, -0.25) is 9.58 Å². The quantitative estimate of drug-likeness (QED) is 0.127. The lowest BCUT2D eigenvalue weighted by Gasteiger charge is -2.28. The van der Waals surface area contributed by atoms with Gasteiger partial charge in [0.15, 0.2) is 0 Å². The molecule has 6 aromatic rings. The number of fused-ring (bicyclic) bond motifs is 4. The minimum atomic E-state index is -3.74. The average molecular weight is 821 g/mol. The first-order valence-corrected chi connectivity index (χ1v) is 22.3. The Morgan fingerprint density at radius 1 is 0.881 bits per heavy atom. The van der Waals surface area contributed by atoms with E-state index < -0.39 is 16.0 Å². The Kier molecular flexibility index (Phi) is 13.5. The van der Waals surface area contributed by atoms with Crippen molar-refractivity contribution in [2.45, 2.75) is 53.2 Å². The summed E-state index contributed by atoms with van der Waals surface area (Å²) in [6, 6.07) is 27.8. The van der Waals surface area contributed by atoms with Gasteiger partial charge >= 0.3 is 5.97 Å². The fourth-order valence-electron chi connectivity index (χ4n) is 8.32. The van der Waals surface area contributed by atoms with Crippen LogP contribution in [0, 0.1) is 6.92 Å². The van der Waals surface area contributed by atoms with Gasteiger partial charge < -0.3 is 24.5 Å². The molecular formula is C46H56N6O6S. The summed E-state index contributed by atoms with van der Waals surface area (Å²) in [5.74, 6) is -0.230. The molecule has 4 aromatic carbocycles. The number of para-hydroxylation sites is 1. The summed E-state index contributed by atoms with van der Waals surface area (Å²) < 4.78 is 45.5. The van der Waals surface area contributed by atoms with Crippen molar-refractivity contribution in [2.24, 2.45) is 7.05 Å². The fourth-order valence-corrected chi connectivity index (χ4v) is 9.72. The molecule has 4 heterocycles. The van der Waals surface area contributed by atoms with Crippen LogP contribution in [0.5, 0.6) is 5.75 Å². The summed E-state index contributed by atoms with van der Waals surface area (Å²) in [6.45, 7) is 12.3. The Bertz CT molecular complexity index is 2520. The zero-order valence-electron chi connectivity index (χ0n) is 34.6. The lowest BCUT2D eigenvalue weighted by molar-refractivity contribution is 0.0407. The van der Waals surface area contributed by atoms with Crippen molar-refractivity contribution in [2.75, 3.05) is 58.3 Å². The molecule has 59 heavy (non-hydrogen) atoms. The highest BCUT2D eigenvalue weighted by Gasteiger charge is 2.32. The van der Waals surface area contributed by atoms with E-state index in [1.807, 2.05) is 91.3 Å². The van der Waals surface area contributed by atoms with Crippen LogP contribution in [0.4, 0.5) is 0 Å². The van der Waals surface area contributed by atoms with Gasteiger partial charge in [0.2, 0.25) is 10.0 Å². The second kappa shape index (κ2) is 18.9. The summed E-state index contributed by atoms with van der Waals surface area (Å²) in [5.41, 5.74) is 6.63. The van der Waals surface area contributed by atoms with Crippen molar-refractivity contribution in [1.29, 1.82) is 0 Å². The van der Waals surface area contributed by atoms with Crippen molar-refractivity contribution in [1.82, 2.24) is 28.9 Å². The minimum absolute atomic E-state index is 0.0252. The van der Waals surface area contributed by atoms with Gasteiger partial charge in [0.05, 0.1) is 43.3 Å². The van der Waals surface area contributed by atoms with Crippen LogP contribution in [0.15, 0.2) is 84.9 Å². The van der Waals surface area contributed by atoms with Crippen LogP contribution in [-0.4, -0.2) is 101 Å². The summed E-state index contributed by atoms with van der Waals surface area (Å²) in [6.07, 6.45) is 1.10. The van der Waals surface area contributed by atoms with E-state index in [4.69, 9.17) is 14.6 Å². The normalized spacial score (nSPS) is 14.9. The number of morpholine rings is 1. The number of nitrogens with zero attached hydrogens (tertiary/aromatic N) is 5. The van der Waals surface area contributed by atoms with Gasteiger partial charge in [0.1, 0.15) is 11.4 Å². The highest BCUT2D eigenvalue weighted by atomic mass is 32.2. The SMILES string of the molecule is CCNCC.Cc1c2c(nn1C)CN(S(=O)(=O)CCN1CCOCC1)Cc1ccccc1Cn1c(C(=O)O)c(CCCOc3cccc4ccccc34)c3cccc-2c31. The number of sulfonamides is 1. The molecule has 1 saturated heterocycles. The standard InChI is InChI=1S/C42H45N5O6S.C4H11N/c1-29-39-36-16-8-15-34-35(17-9-22-53-38-18-7-13-30-10-5-6-14-33(30)38)41(42(48)49)47(40(34)36)27-32-12-4-3-11-31(32)26-46(28-37(39)43-44(29)2)54(50,51)25-21-45-19-23-52-24-20-45;1-3-5-4-2/h3-8,10-16,18H,9,17,19-28H2,1-2H3,(H,48,49);5H,3-4H2,1-2H3. The molecule has 0 aliphatic carbocycles. The van der Waals surface area contributed by atoms with Crippen LogP contribution in [0.3, 0.4) is 0 Å². The second-order valence-corrected chi connectivity index (χ2v) is 17.2. The number of carboxylic acids is 1. The van der Waals surface area contributed by atoms with Gasteiger partial charge in [0, 0.05) is 67.4 Å². The van der Waals surface area contributed by atoms with Crippen LogP contribution < -0.4 is 10.1 Å². The molecule has 0 amide bonds. The second-order valence-electron chi connectivity index (χ2n) is 15.1. The maximum atomic E-state index is 14.3. The van der Waals surface area contributed by atoms with E-state index in [1.165, 1.54) is 0 Å². The van der Waals surface area contributed by atoms with E-state index in [1.54, 1.807) is 8.99 Å². The number of carboxylic acid groups (broad SMARTS) is 1. The van der Waals surface area contributed by atoms with E-state index in [9.17, 15) is 18.3 Å². The number of carbonyl (C=O) groups is 1. The molecule has 12 nitrogen and oxygen atoms in total. The Labute approximate surface area is 347 Å². The third kappa shape index (κ3) is 9.24. The number of nitrogens with one attached hydrogen (secondary N) is 1. The van der Waals surface area contributed by atoms with Crippen molar-refractivity contribution < 1.29 is 27.8 Å². The van der Waals surface area contributed by atoms with Crippen molar-refractivity contribution >= 4 is 37.7 Å². The molecule has 0 radical (unpaired) electrons. The smallest absolute Gasteiger partial charge is 0.352 e. The first-order chi connectivity index (χ1) is 28.6. The largest absolute Gasteiger partial charge is 0.493 e. The predicted molar refractivity (Wildman–Crippen MR) is 234 cm³/mol. The Balaban J connectivity index is 0.000000997. The molecule has 8 rings (SSSR count). The molecule has 0 bridgehead atoms. The molecule has 1 fully saturated rings. The molecule has 2 aliphatic rings. The number of rotatable bonds is 12. The van der Waals surface area contributed by atoms with Crippen molar-refractivity contribution in [3.05, 3.63) is 119 Å². The number of ether oxygens (including phenoxy) is 2. The number of aromatic carboxylic acids is 1. The Morgan fingerprint density at radius 2 is 1.56 bits per heavy atom. The lowest BCUT2D eigenvalue weighted by atomic mass is 9.98. The molecule has 312 valence electrons. The van der Waals surface area contributed by atoms with Crippen LogP contribution in [0.2, 0.25) is 0 Å². The monoisotopic (exact) mass is 820 g/mol. The van der Waals surface area contributed by atoms with E-state index in [2.05, 4.69) is 36.2 Å². The molecule has 13 heteroatoms. The molecule has 0 saturated carbocycles. The van der Waals surface area contributed by atoms with Gasteiger partial charge in [-0.05, 0) is 61.0 Å². The molecular weight excluding hydrogens is 765 g/mol. The van der Waals surface area contributed by atoms with Crippen LogP contribution in [0.25, 0.3) is 32.8 Å². The van der Waals surface area contributed by atoms with Gasteiger partial charge in [-0.15, -0.1) is 0 Å². The molecule has 2 N–H and O–H groups in total. The summed E-state index contributed by atoms with van der Waals surface area (Å²) in [4.78, 5) is 15.5. The lowest BCUT2D eigenvalue weighted by Crippen LogP contribution is -2.42. The topological polar surface area (TPSA) is 131 Å². The molecule has 2 aliphatic heterocycles. The number of aromatic nitrogens is 3. The van der Waals surface area contributed by atoms with E-state index >= 15 is 0 Å². The highest BCUT2D eigenvalue weighted by Crippen LogP contribution is 2.40. The summed E-state index contributed by atoms with van der Waals surface area (Å²) in [7, 11) is -1.88. The molecule has 0 spiro atoms. The number of aryl methyl sites for hydroxylation is 2. The highest BCUT2D eigenvalue weighted by molar-refractivity contribution is 7.89. The Hall–Kier alpha value is -5.05. The third-order valence-electron chi connectivity index (χ3n) is 11.4. The van der Waals surface area contributed by atoms with E-state index in [-0.39, 0.29) is 31.1 Å². The molecule has 0 unspecified atom stereocenters. The van der Waals surface area contributed by atoms with Crippen molar-refractivity contribution in [3.8, 4) is 16.9 Å². The van der Waals surface area contributed by atoms with Gasteiger partial charge in [-0.1, -0.05) is 92.7 Å². The van der Waals surface area contributed by atoms with Gasteiger partial charge in [-0.2, -0.15) is 9.40 Å². The first-order valence-electron chi connectivity index (χ1n) is 20.7. The van der Waals surface area contributed by atoms with Crippen LogP contribution in [-0.2, 0) is 47.9 Å². The number of benzene rings is 4. The number of hydrogen-bond donors (Lipinski definition) is 2. The maximum absolute atomic E-state index is 14.3. The van der Waals surface area contributed by atoms with Gasteiger partial charge in [0.25, 0.3) is 0 Å². The van der Waals surface area contributed by atoms with E-state index in [0.29, 0.717) is 58.0 Å². The molecule has 2 aromatic heterocycles. The van der Waals surface area contributed by atoms with Crippen LogP contribution in [0.1, 0.15) is 58.8 Å². The predicted octanol–water partition coefficient (Wildman–Crippen LogP) is 6.85. The van der Waals surface area contributed by atoms with Crippen LogP contribution >= 0.6 is 0 Å². The Morgan fingerprint density at radius 3 is 2.29 bits per heavy atom. The maximum Gasteiger partial charge on any atom is 0.352 e. The summed E-state index contributed by atoms with van der Waals surface area (Å²) in [5, 5.41) is 22.0. The summed E-state index contributed by atoms with van der Waals surface area (Å²) >= 11 is 0. The number of hydrogen-bond acceptors (Lipinski definition) is 8. The first kappa shape index (κ1) is 42.1. The minimum Gasteiger partial charge on any atom is -0.493 e. The van der Waals surface area contributed by atoms with Gasteiger partial charge in [-0.25, -0.2) is 13.2 Å². The fraction of sp³-hybridized carbons (Fsp3) is 0.391.